The van der Waals surface area contributed by atoms with Crippen LogP contribution >= 0.6 is 0 Å². The first kappa shape index (κ1) is 32.7. The summed E-state index contributed by atoms with van der Waals surface area (Å²) in [6, 6.07) is 13.4. The predicted molar refractivity (Wildman–Crippen MR) is 179 cm³/mol. The standard InChI is InChI=1S/C38H51FO4/c1-5-9-13-19-40-35-24-31-29-18-17-28(39)23-30(29)32-25-36(41-20-14-10-6-2)38(43-22-16-12-8-4)27-34(32)33(31)26-37(35)42-21-15-11-7-3/h17-18,23-27H,5-16,19-22H2,1-4H3. The molecule has 5 heteroatoms. The van der Waals surface area contributed by atoms with E-state index in [1.165, 1.54) is 6.07 Å². The maximum Gasteiger partial charge on any atom is 0.161 e. The van der Waals surface area contributed by atoms with Crippen molar-refractivity contribution in [3.63, 3.8) is 0 Å². The molecule has 4 aromatic carbocycles. The number of ether oxygens (including phenoxy) is 4. The van der Waals surface area contributed by atoms with Gasteiger partial charge in [0.05, 0.1) is 26.4 Å². The van der Waals surface area contributed by atoms with E-state index in [1.54, 1.807) is 6.07 Å². The second-order valence-corrected chi connectivity index (χ2v) is 11.6. The van der Waals surface area contributed by atoms with Gasteiger partial charge in [-0.25, -0.2) is 4.39 Å². The Morgan fingerprint density at radius 3 is 1.02 bits per heavy atom. The zero-order valence-electron chi connectivity index (χ0n) is 26.9. The summed E-state index contributed by atoms with van der Waals surface area (Å²) < 4.78 is 40.1. The summed E-state index contributed by atoms with van der Waals surface area (Å²) >= 11 is 0. The lowest BCUT2D eigenvalue weighted by Crippen LogP contribution is -2.04. The number of rotatable bonds is 20. The van der Waals surface area contributed by atoms with Gasteiger partial charge >= 0.3 is 0 Å². The summed E-state index contributed by atoms with van der Waals surface area (Å²) in [6.45, 7) is 11.3. The number of fused-ring (bicyclic) bond motifs is 6. The number of halogens is 1. The summed E-state index contributed by atoms with van der Waals surface area (Å²) in [5, 5.41) is 5.83. The van der Waals surface area contributed by atoms with Gasteiger partial charge in [-0.1, -0.05) is 85.1 Å². The van der Waals surface area contributed by atoms with Crippen LogP contribution in [0.3, 0.4) is 0 Å². The SMILES string of the molecule is CCCCCOc1cc2c3ccc(F)cc3c3cc(OCCCCC)c(OCCCCC)cc3c2cc1OCCCCC. The van der Waals surface area contributed by atoms with Crippen LogP contribution in [0.25, 0.3) is 32.3 Å². The van der Waals surface area contributed by atoms with Gasteiger partial charge in [-0.3, -0.25) is 0 Å². The summed E-state index contributed by atoms with van der Waals surface area (Å²) in [5.41, 5.74) is 0. The Morgan fingerprint density at radius 1 is 0.395 bits per heavy atom. The molecule has 234 valence electrons. The molecule has 4 rings (SSSR count). The highest BCUT2D eigenvalue weighted by molar-refractivity contribution is 6.26. The van der Waals surface area contributed by atoms with Gasteiger partial charge in [0.1, 0.15) is 5.82 Å². The maximum absolute atomic E-state index is 14.8. The summed E-state index contributed by atoms with van der Waals surface area (Å²) in [6.07, 6.45) is 13.0. The highest BCUT2D eigenvalue weighted by Crippen LogP contribution is 2.45. The molecule has 0 fully saturated rings. The number of hydrogen-bond acceptors (Lipinski definition) is 4. The fourth-order valence-electron chi connectivity index (χ4n) is 5.57. The monoisotopic (exact) mass is 590 g/mol. The van der Waals surface area contributed by atoms with Crippen LogP contribution in [0.15, 0.2) is 42.5 Å². The minimum Gasteiger partial charge on any atom is -0.490 e. The molecule has 0 radical (unpaired) electrons. The molecule has 43 heavy (non-hydrogen) atoms. The molecule has 0 aromatic heterocycles. The Labute approximate surface area is 257 Å². The average molecular weight is 591 g/mol. The highest BCUT2D eigenvalue weighted by Gasteiger charge is 2.18. The topological polar surface area (TPSA) is 36.9 Å². The van der Waals surface area contributed by atoms with Gasteiger partial charge in [0.15, 0.2) is 23.0 Å². The summed E-state index contributed by atoms with van der Waals surface area (Å²) in [5.74, 6) is 2.70. The quantitative estimate of drug-likeness (QED) is 0.0758. The van der Waals surface area contributed by atoms with Crippen LogP contribution in [0.2, 0.25) is 0 Å². The van der Waals surface area contributed by atoms with Gasteiger partial charge in [0.2, 0.25) is 0 Å². The largest absolute Gasteiger partial charge is 0.490 e. The molecule has 0 bridgehead atoms. The number of benzene rings is 4. The molecule has 0 heterocycles. The van der Waals surface area contributed by atoms with Gasteiger partial charge < -0.3 is 18.9 Å². The van der Waals surface area contributed by atoms with Crippen LogP contribution in [0, 0.1) is 5.82 Å². The third-order valence-electron chi connectivity index (χ3n) is 8.04. The molecule has 4 nitrogen and oxygen atoms in total. The molecule has 0 saturated heterocycles. The minimum absolute atomic E-state index is 0.259. The van der Waals surface area contributed by atoms with Crippen molar-refractivity contribution in [1.29, 1.82) is 0 Å². The minimum atomic E-state index is -0.259. The molecule has 0 unspecified atom stereocenters. The molecular formula is C38H51FO4. The van der Waals surface area contributed by atoms with Crippen LogP contribution < -0.4 is 18.9 Å². The van der Waals surface area contributed by atoms with Gasteiger partial charge in [-0.2, -0.15) is 0 Å². The van der Waals surface area contributed by atoms with Gasteiger partial charge in [0.25, 0.3) is 0 Å². The Hall–Kier alpha value is -3.21. The van der Waals surface area contributed by atoms with Crippen LogP contribution in [-0.2, 0) is 0 Å². The van der Waals surface area contributed by atoms with E-state index in [9.17, 15) is 4.39 Å². The van der Waals surface area contributed by atoms with Crippen molar-refractivity contribution < 1.29 is 23.3 Å². The first-order valence-corrected chi connectivity index (χ1v) is 16.8. The van der Waals surface area contributed by atoms with E-state index in [0.29, 0.717) is 26.4 Å². The van der Waals surface area contributed by atoms with E-state index >= 15 is 0 Å². The van der Waals surface area contributed by atoms with Crippen molar-refractivity contribution in [2.45, 2.75) is 105 Å². The molecule has 0 saturated carbocycles. The smallest absolute Gasteiger partial charge is 0.161 e. The van der Waals surface area contributed by atoms with Crippen LogP contribution in [-0.4, -0.2) is 26.4 Å². The molecule has 0 atom stereocenters. The Kier molecular flexibility index (Phi) is 13.1. The van der Waals surface area contributed by atoms with Crippen molar-refractivity contribution in [1.82, 2.24) is 0 Å². The van der Waals surface area contributed by atoms with Crippen LogP contribution in [0.4, 0.5) is 4.39 Å². The zero-order chi connectivity index (χ0) is 30.4. The third-order valence-corrected chi connectivity index (χ3v) is 8.04. The van der Waals surface area contributed by atoms with E-state index < -0.39 is 0 Å². The first-order valence-electron chi connectivity index (χ1n) is 16.8. The normalized spacial score (nSPS) is 11.5. The summed E-state index contributed by atoms with van der Waals surface area (Å²) in [7, 11) is 0. The molecule has 0 aliphatic carbocycles. The van der Waals surface area contributed by atoms with Crippen molar-refractivity contribution in [3.8, 4) is 23.0 Å². The van der Waals surface area contributed by atoms with E-state index in [1.807, 2.05) is 6.07 Å². The van der Waals surface area contributed by atoms with Crippen molar-refractivity contribution in [2.24, 2.45) is 0 Å². The van der Waals surface area contributed by atoms with E-state index in [0.717, 1.165) is 132 Å². The second kappa shape index (κ2) is 17.2. The van der Waals surface area contributed by atoms with E-state index in [4.69, 9.17) is 18.9 Å². The molecular weight excluding hydrogens is 539 g/mol. The average Bonchev–Trinajstić information content (AvgIpc) is 3.02. The lowest BCUT2D eigenvalue weighted by molar-refractivity contribution is 0.260. The Balaban J connectivity index is 1.89. The molecule has 4 aromatic rings. The number of unbranched alkanes of at least 4 members (excludes halogenated alkanes) is 8. The lowest BCUT2D eigenvalue weighted by atomic mass is 9.93. The fourth-order valence-corrected chi connectivity index (χ4v) is 5.57. The molecule has 0 aliphatic rings. The molecule has 0 spiro atoms. The highest BCUT2D eigenvalue weighted by atomic mass is 19.1. The maximum atomic E-state index is 14.8. The van der Waals surface area contributed by atoms with Gasteiger partial charge in [-0.05, 0) is 94.4 Å². The molecule has 0 N–H and O–H groups in total. The van der Waals surface area contributed by atoms with E-state index in [2.05, 4.69) is 52.0 Å². The molecule has 0 aliphatic heterocycles. The summed E-state index contributed by atoms with van der Waals surface area (Å²) in [4.78, 5) is 0. The van der Waals surface area contributed by atoms with Crippen molar-refractivity contribution in [2.75, 3.05) is 26.4 Å². The first-order chi connectivity index (χ1) is 21.1. The van der Waals surface area contributed by atoms with Crippen molar-refractivity contribution in [3.05, 3.63) is 48.3 Å². The predicted octanol–water partition coefficient (Wildman–Crippen LogP) is 11.6. The lowest BCUT2D eigenvalue weighted by Gasteiger charge is -2.19. The van der Waals surface area contributed by atoms with Crippen LogP contribution in [0.5, 0.6) is 23.0 Å². The Morgan fingerprint density at radius 2 is 0.698 bits per heavy atom. The van der Waals surface area contributed by atoms with Gasteiger partial charge in [-0.15, -0.1) is 0 Å². The number of hydrogen-bond donors (Lipinski definition) is 0. The second-order valence-electron chi connectivity index (χ2n) is 11.6. The fraction of sp³-hybridized carbons (Fsp3) is 0.526. The Bertz CT molecular complexity index is 1450. The van der Waals surface area contributed by atoms with Crippen LogP contribution in [0.1, 0.15) is 105 Å². The van der Waals surface area contributed by atoms with E-state index in [-0.39, 0.29) is 5.82 Å². The molecule has 0 amide bonds. The zero-order valence-corrected chi connectivity index (χ0v) is 26.9. The van der Waals surface area contributed by atoms with Gasteiger partial charge in [0, 0.05) is 0 Å². The third kappa shape index (κ3) is 8.68. The van der Waals surface area contributed by atoms with Crippen molar-refractivity contribution >= 4 is 32.3 Å².